The first kappa shape index (κ1) is 28.9. The standard InChI is InChI=1S/C32H33ClN4O3S/c1-21(35-31(38)29-20-34-19-28(29)22-6-4-3-5-7-22)8-9-23-18-30(41-27-16-10-24(33)11-17-27)36-37(32(23)39)25-12-14-26(40-2)15-13-25/h3-7,10-18,21,28-29,34H,8-9,19-20H2,1-2H3,(H,35,38)/t21-,28+,29-/m0/s1. The number of hydrogen-bond donors (Lipinski definition) is 2. The summed E-state index contributed by atoms with van der Waals surface area (Å²) in [5.74, 6) is 0.758. The number of rotatable bonds is 10. The Balaban J connectivity index is 1.32. The van der Waals surface area contributed by atoms with Gasteiger partial charge < -0.3 is 15.4 Å². The molecule has 2 N–H and O–H groups in total. The molecule has 1 fully saturated rings. The molecule has 0 aliphatic carbocycles. The number of nitrogens with zero attached hydrogens (tertiary/aromatic N) is 2. The molecule has 212 valence electrons. The minimum absolute atomic E-state index is 0.0423. The van der Waals surface area contributed by atoms with Crippen LogP contribution < -0.4 is 20.9 Å². The molecule has 3 atom stereocenters. The van der Waals surface area contributed by atoms with Gasteiger partial charge in [0.25, 0.3) is 5.56 Å². The highest BCUT2D eigenvalue weighted by Crippen LogP contribution is 2.29. The van der Waals surface area contributed by atoms with E-state index in [0.29, 0.717) is 46.4 Å². The van der Waals surface area contributed by atoms with Crippen molar-refractivity contribution in [1.82, 2.24) is 20.4 Å². The minimum Gasteiger partial charge on any atom is -0.497 e. The van der Waals surface area contributed by atoms with Crippen molar-refractivity contribution in [2.45, 2.75) is 41.6 Å². The lowest BCUT2D eigenvalue weighted by Gasteiger charge is -2.21. The van der Waals surface area contributed by atoms with Crippen LogP contribution in [0.5, 0.6) is 5.75 Å². The summed E-state index contributed by atoms with van der Waals surface area (Å²) in [4.78, 5) is 27.8. The monoisotopic (exact) mass is 588 g/mol. The van der Waals surface area contributed by atoms with E-state index in [1.165, 1.54) is 22.0 Å². The van der Waals surface area contributed by atoms with Gasteiger partial charge in [-0.15, -0.1) is 0 Å². The molecule has 1 aliphatic rings. The summed E-state index contributed by atoms with van der Waals surface area (Å²) in [6.07, 6.45) is 1.12. The molecular weight excluding hydrogens is 556 g/mol. The molecule has 3 aromatic carbocycles. The van der Waals surface area contributed by atoms with Crippen molar-refractivity contribution in [3.63, 3.8) is 0 Å². The highest BCUT2D eigenvalue weighted by Gasteiger charge is 2.34. The third-order valence-corrected chi connectivity index (χ3v) is 8.50. The number of methoxy groups -OCH3 is 1. The average molecular weight is 589 g/mol. The molecule has 0 saturated carbocycles. The number of benzene rings is 3. The van der Waals surface area contributed by atoms with Gasteiger partial charge in [0, 0.05) is 40.5 Å². The number of aryl methyl sites for hydroxylation is 1. The molecule has 4 aromatic rings. The molecular formula is C32H33ClN4O3S. The smallest absolute Gasteiger partial charge is 0.274 e. The third kappa shape index (κ3) is 7.19. The molecule has 41 heavy (non-hydrogen) atoms. The van der Waals surface area contributed by atoms with Gasteiger partial charge in [-0.2, -0.15) is 9.78 Å². The van der Waals surface area contributed by atoms with Crippen LogP contribution in [0.2, 0.25) is 5.02 Å². The van der Waals surface area contributed by atoms with Crippen molar-refractivity contribution in [3.05, 3.63) is 111 Å². The Bertz CT molecular complexity index is 1530. The first-order chi connectivity index (χ1) is 19.9. The molecule has 1 aliphatic heterocycles. The predicted molar refractivity (Wildman–Crippen MR) is 163 cm³/mol. The van der Waals surface area contributed by atoms with Crippen LogP contribution in [0.1, 0.15) is 30.4 Å². The van der Waals surface area contributed by atoms with E-state index < -0.39 is 0 Å². The number of aromatic nitrogens is 2. The van der Waals surface area contributed by atoms with Gasteiger partial charge in [-0.05, 0) is 79.9 Å². The van der Waals surface area contributed by atoms with Crippen LogP contribution in [0.15, 0.2) is 99.6 Å². The lowest BCUT2D eigenvalue weighted by atomic mass is 9.88. The van der Waals surface area contributed by atoms with Crippen molar-refractivity contribution >= 4 is 29.3 Å². The Labute approximate surface area is 249 Å². The van der Waals surface area contributed by atoms with E-state index in [-0.39, 0.29) is 29.3 Å². The van der Waals surface area contributed by atoms with Gasteiger partial charge in [-0.1, -0.05) is 53.7 Å². The van der Waals surface area contributed by atoms with Crippen LogP contribution in [0.3, 0.4) is 0 Å². The number of amides is 1. The maximum atomic E-state index is 13.6. The number of carbonyl (C=O) groups is 1. The molecule has 7 nitrogen and oxygen atoms in total. The summed E-state index contributed by atoms with van der Waals surface area (Å²) in [6, 6.07) is 26.7. The fourth-order valence-corrected chi connectivity index (χ4v) is 6.03. The van der Waals surface area contributed by atoms with Crippen molar-refractivity contribution in [1.29, 1.82) is 0 Å². The van der Waals surface area contributed by atoms with Gasteiger partial charge in [-0.25, -0.2) is 0 Å². The first-order valence-electron chi connectivity index (χ1n) is 13.7. The van der Waals surface area contributed by atoms with Crippen LogP contribution in [0.25, 0.3) is 5.69 Å². The lowest BCUT2D eigenvalue weighted by molar-refractivity contribution is -0.125. The maximum Gasteiger partial charge on any atom is 0.274 e. The van der Waals surface area contributed by atoms with E-state index in [9.17, 15) is 9.59 Å². The second-order valence-electron chi connectivity index (χ2n) is 10.2. The Morgan fingerprint density at radius 2 is 1.83 bits per heavy atom. The molecule has 0 bridgehead atoms. The Kier molecular flexibility index (Phi) is 9.44. The number of hydrogen-bond acceptors (Lipinski definition) is 6. The molecule has 5 rings (SSSR count). The average Bonchev–Trinajstić information content (AvgIpc) is 3.49. The highest BCUT2D eigenvalue weighted by atomic mass is 35.5. The molecule has 0 radical (unpaired) electrons. The second kappa shape index (κ2) is 13.4. The van der Waals surface area contributed by atoms with E-state index >= 15 is 0 Å². The van der Waals surface area contributed by atoms with Gasteiger partial charge in [-0.3, -0.25) is 9.59 Å². The van der Waals surface area contributed by atoms with E-state index in [1.807, 2.05) is 67.6 Å². The molecule has 1 saturated heterocycles. The molecule has 9 heteroatoms. The van der Waals surface area contributed by atoms with E-state index in [2.05, 4.69) is 27.9 Å². The van der Waals surface area contributed by atoms with Crippen LogP contribution >= 0.6 is 23.4 Å². The summed E-state index contributed by atoms with van der Waals surface area (Å²) < 4.78 is 6.71. The Hall–Kier alpha value is -3.59. The van der Waals surface area contributed by atoms with E-state index in [1.54, 1.807) is 19.2 Å². The summed E-state index contributed by atoms with van der Waals surface area (Å²) in [6.45, 7) is 3.43. The van der Waals surface area contributed by atoms with Crippen LogP contribution in [-0.4, -0.2) is 41.9 Å². The van der Waals surface area contributed by atoms with Crippen LogP contribution in [0, 0.1) is 5.92 Å². The van der Waals surface area contributed by atoms with E-state index in [0.717, 1.165) is 11.4 Å². The van der Waals surface area contributed by atoms with Crippen molar-refractivity contribution < 1.29 is 9.53 Å². The summed E-state index contributed by atoms with van der Waals surface area (Å²) in [5.41, 5.74) is 2.28. The zero-order valence-electron chi connectivity index (χ0n) is 23.0. The van der Waals surface area contributed by atoms with Crippen LogP contribution in [0.4, 0.5) is 0 Å². The van der Waals surface area contributed by atoms with E-state index in [4.69, 9.17) is 16.3 Å². The zero-order valence-corrected chi connectivity index (χ0v) is 24.6. The summed E-state index contributed by atoms with van der Waals surface area (Å²) >= 11 is 7.53. The number of halogens is 1. The summed E-state index contributed by atoms with van der Waals surface area (Å²) in [5, 5.41) is 12.6. The van der Waals surface area contributed by atoms with Crippen molar-refractivity contribution in [3.8, 4) is 11.4 Å². The minimum atomic E-state index is -0.182. The second-order valence-corrected chi connectivity index (χ2v) is 11.7. The SMILES string of the molecule is COc1ccc(-n2nc(Sc3ccc(Cl)cc3)cc(CC[C@H](C)NC(=O)[C@H]3CNC[C@@H]3c3ccccc3)c2=O)cc1. The fourth-order valence-electron chi connectivity index (χ4n) is 5.07. The van der Waals surface area contributed by atoms with Crippen molar-refractivity contribution in [2.75, 3.05) is 20.2 Å². The van der Waals surface area contributed by atoms with Gasteiger partial charge in [0.1, 0.15) is 10.8 Å². The lowest BCUT2D eigenvalue weighted by Crippen LogP contribution is -2.40. The largest absolute Gasteiger partial charge is 0.497 e. The summed E-state index contributed by atoms with van der Waals surface area (Å²) in [7, 11) is 1.60. The molecule has 2 heterocycles. The van der Waals surface area contributed by atoms with Gasteiger partial charge in [0.15, 0.2) is 0 Å². The normalized spacial score (nSPS) is 17.2. The third-order valence-electron chi connectivity index (χ3n) is 7.33. The van der Waals surface area contributed by atoms with Crippen LogP contribution in [-0.2, 0) is 11.2 Å². The van der Waals surface area contributed by atoms with Gasteiger partial charge in [0.2, 0.25) is 5.91 Å². The fraction of sp³-hybridized carbons (Fsp3) is 0.281. The molecule has 0 unspecified atom stereocenters. The highest BCUT2D eigenvalue weighted by molar-refractivity contribution is 7.99. The van der Waals surface area contributed by atoms with Crippen molar-refractivity contribution in [2.24, 2.45) is 5.92 Å². The number of carbonyl (C=O) groups excluding carboxylic acids is 1. The van der Waals surface area contributed by atoms with Gasteiger partial charge in [0.05, 0.1) is 18.7 Å². The number of ether oxygens (including phenoxy) is 1. The number of nitrogens with one attached hydrogen (secondary N) is 2. The quantitative estimate of drug-likeness (QED) is 0.255. The predicted octanol–water partition coefficient (Wildman–Crippen LogP) is 5.49. The zero-order chi connectivity index (χ0) is 28.8. The Morgan fingerprint density at radius 3 is 2.54 bits per heavy atom. The van der Waals surface area contributed by atoms with Gasteiger partial charge >= 0.3 is 0 Å². The topological polar surface area (TPSA) is 85.2 Å². The first-order valence-corrected chi connectivity index (χ1v) is 14.9. The molecule has 1 aromatic heterocycles. The Morgan fingerprint density at radius 1 is 1.10 bits per heavy atom. The molecule has 1 amide bonds. The molecule has 0 spiro atoms. The maximum absolute atomic E-state index is 13.6.